The van der Waals surface area contributed by atoms with Gasteiger partial charge in [-0.3, -0.25) is 9.10 Å². The number of carbonyl (C=O) groups is 1. The van der Waals surface area contributed by atoms with Crippen molar-refractivity contribution in [1.82, 2.24) is 4.90 Å². The van der Waals surface area contributed by atoms with Gasteiger partial charge in [0.05, 0.1) is 10.6 Å². The van der Waals surface area contributed by atoms with Crippen LogP contribution in [-0.2, 0) is 21.4 Å². The van der Waals surface area contributed by atoms with Crippen molar-refractivity contribution >= 4 is 33.2 Å². The van der Waals surface area contributed by atoms with Gasteiger partial charge >= 0.3 is 0 Å². The maximum atomic E-state index is 13.4. The van der Waals surface area contributed by atoms with Gasteiger partial charge in [-0.1, -0.05) is 53.6 Å². The molecule has 31 heavy (non-hydrogen) atoms. The van der Waals surface area contributed by atoms with E-state index in [0.717, 1.165) is 16.7 Å². The predicted octanol–water partition coefficient (Wildman–Crippen LogP) is 4.81. The zero-order valence-corrected chi connectivity index (χ0v) is 19.3. The van der Waals surface area contributed by atoms with E-state index >= 15 is 0 Å². The first-order valence-electron chi connectivity index (χ1n) is 9.81. The molecule has 0 saturated carbocycles. The first-order valence-corrected chi connectivity index (χ1v) is 11.6. The van der Waals surface area contributed by atoms with Gasteiger partial charge in [0.25, 0.3) is 10.0 Å². The maximum absolute atomic E-state index is 13.4. The Morgan fingerprint density at radius 3 is 2.16 bits per heavy atom. The second-order valence-electron chi connectivity index (χ2n) is 7.54. The van der Waals surface area contributed by atoms with Gasteiger partial charge in [0.2, 0.25) is 5.91 Å². The van der Waals surface area contributed by atoms with E-state index in [1.54, 1.807) is 61.6 Å². The number of nitrogens with zero attached hydrogens (tertiary/aromatic N) is 2. The molecule has 7 heteroatoms. The van der Waals surface area contributed by atoms with E-state index in [4.69, 9.17) is 11.6 Å². The van der Waals surface area contributed by atoms with Crippen molar-refractivity contribution in [2.45, 2.75) is 25.3 Å². The number of aryl methyl sites for hydroxylation is 2. The summed E-state index contributed by atoms with van der Waals surface area (Å²) in [7, 11) is -2.27. The topological polar surface area (TPSA) is 57.7 Å². The molecule has 0 unspecified atom stereocenters. The highest BCUT2D eigenvalue weighted by atomic mass is 35.5. The number of hydrogen-bond donors (Lipinski definition) is 0. The molecule has 0 radical (unpaired) electrons. The van der Waals surface area contributed by atoms with Gasteiger partial charge in [-0.2, -0.15) is 0 Å². The maximum Gasteiger partial charge on any atom is 0.264 e. The van der Waals surface area contributed by atoms with Crippen LogP contribution in [0.3, 0.4) is 0 Å². The fraction of sp³-hybridized carbons (Fsp3) is 0.208. The molecule has 5 nitrogen and oxygen atoms in total. The minimum Gasteiger partial charge on any atom is -0.340 e. The third-order valence-corrected chi connectivity index (χ3v) is 6.98. The summed E-state index contributed by atoms with van der Waals surface area (Å²) < 4.78 is 28.1. The van der Waals surface area contributed by atoms with Gasteiger partial charge in [0.1, 0.15) is 6.54 Å². The Bertz CT molecular complexity index is 1160. The number of hydrogen-bond acceptors (Lipinski definition) is 3. The molecular formula is C24H25ClN2O3S. The highest BCUT2D eigenvalue weighted by Crippen LogP contribution is 2.25. The lowest BCUT2D eigenvalue weighted by atomic mass is 10.2. The average molecular weight is 457 g/mol. The molecule has 1 amide bonds. The molecule has 0 aliphatic rings. The molecule has 0 N–H and O–H groups in total. The molecule has 0 heterocycles. The van der Waals surface area contributed by atoms with Gasteiger partial charge in [-0.05, 0) is 61.4 Å². The summed E-state index contributed by atoms with van der Waals surface area (Å²) >= 11 is 5.92. The summed E-state index contributed by atoms with van der Waals surface area (Å²) in [6, 6.07) is 21.0. The number of rotatable bonds is 7. The zero-order chi connectivity index (χ0) is 22.6. The Hall–Kier alpha value is -2.83. The first kappa shape index (κ1) is 22.8. The summed E-state index contributed by atoms with van der Waals surface area (Å²) in [5.74, 6) is -0.313. The van der Waals surface area contributed by atoms with Gasteiger partial charge < -0.3 is 4.90 Å². The molecule has 3 aromatic rings. The van der Waals surface area contributed by atoms with Crippen LogP contribution in [0.15, 0.2) is 77.7 Å². The number of sulfonamides is 1. The third-order valence-electron chi connectivity index (χ3n) is 4.94. The number of anilines is 1. The smallest absolute Gasteiger partial charge is 0.264 e. The normalized spacial score (nSPS) is 11.2. The van der Waals surface area contributed by atoms with Crippen molar-refractivity contribution in [2.75, 3.05) is 17.9 Å². The Kier molecular flexibility index (Phi) is 7.03. The van der Waals surface area contributed by atoms with E-state index in [0.29, 0.717) is 17.3 Å². The van der Waals surface area contributed by atoms with E-state index in [1.165, 1.54) is 9.21 Å². The SMILES string of the molecule is Cc1ccc(S(=O)(=O)N(CC(=O)N(C)Cc2ccc(Cl)cc2)c2cccc(C)c2)cc1. The highest BCUT2D eigenvalue weighted by molar-refractivity contribution is 7.92. The van der Waals surface area contributed by atoms with Crippen LogP contribution in [-0.4, -0.2) is 32.8 Å². The van der Waals surface area contributed by atoms with Gasteiger partial charge in [-0.25, -0.2) is 8.42 Å². The molecular weight excluding hydrogens is 432 g/mol. The quantitative estimate of drug-likeness (QED) is 0.512. The lowest BCUT2D eigenvalue weighted by molar-refractivity contribution is -0.128. The first-order chi connectivity index (χ1) is 14.7. The molecule has 0 aliphatic heterocycles. The van der Waals surface area contributed by atoms with Crippen molar-refractivity contribution in [1.29, 1.82) is 0 Å². The molecule has 0 saturated heterocycles. The van der Waals surface area contributed by atoms with Crippen LogP contribution < -0.4 is 4.31 Å². The summed E-state index contributed by atoms with van der Waals surface area (Å²) in [5.41, 5.74) is 3.22. The molecule has 0 atom stereocenters. The molecule has 3 rings (SSSR count). The van der Waals surface area contributed by atoms with E-state index in [1.807, 2.05) is 32.0 Å². The minimum atomic E-state index is -3.93. The van der Waals surface area contributed by atoms with E-state index in [2.05, 4.69) is 0 Å². The average Bonchev–Trinajstić information content (AvgIpc) is 2.73. The lowest BCUT2D eigenvalue weighted by Gasteiger charge is -2.27. The van der Waals surface area contributed by atoms with Crippen molar-refractivity contribution < 1.29 is 13.2 Å². The Balaban J connectivity index is 1.90. The van der Waals surface area contributed by atoms with Crippen LogP contribution in [0, 0.1) is 13.8 Å². The van der Waals surface area contributed by atoms with Crippen LogP contribution in [0.1, 0.15) is 16.7 Å². The van der Waals surface area contributed by atoms with E-state index in [9.17, 15) is 13.2 Å². The molecule has 3 aromatic carbocycles. The molecule has 0 aliphatic carbocycles. The van der Waals surface area contributed by atoms with E-state index < -0.39 is 10.0 Å². The van der Waals surface area contributed by atoms with Crippen molar-refractivity contribution in [2.24, 2.45) is 0 Å². The number of amides is 1. The van der Waals surface area contributed by atoms with Crippen LogP contribution in [0.2, 0.25) is 5.02 Å². The third kappa shape index (κ3) is 5.66. The second-order valence-corrected chi connectivity index (χ2v) is 9.84. The highest BCUT2D eigenvalue weighted by Gasteiger charge is 2.28. The minimum absolute atomic E-state index is 0.146. The molecule has 162 valence electrons. The number of benzene rings is 3. The summed E-state index contributed by atoms with van der Waals surface area (Å²) in [5, 5.41) is 0.618. The summed E-state index contributed by atoms with van der Waals surface area (Å²) in [6.07, 6.45) is 0. The fourth-order valence-electron chi connectivity index (χ4n) is 3.13. The zero-order valence-electron chi connectivity index (χ0n) is 17.7. The van der Waals surface area contributed by atoms with Gasteiger partial charge in [-0.15, -0.1) is 0 Å². The standard InChI is InChI=1S/C24H25ClN2O3S/c1-18-7-13-23(14-8-18)31(29,30)27(22-6-4-5-19(2)15-22)17-24(28)26(3)16-20-9-11-21(25)12-10-20/h4-15H,16-17H2,1-3H3. The molecule has 0 bridgehead atoms. The van der Waals surface area contributed by atoms with Crippen LogP contribution in [0.25, 0.3) is 0 Å². The Labute approximate surface area is 188 Å². The van der Waals surface area contributed by atoms with Crippen molar-refractivity contribution in [3.8, 4) is 0 Å². The van der Waals surface area contributed by atoms with Crippen LogP contribution >= 0.6 is 11.6 Å². The lowest BCUT2D eigenvalue weighted by Crippen LogP contribution is -2.41. The monoisotopic (exact) mass is 456 g/mol. The fourth-order valence-corrected chi connectivity index (χ4v) is 4.66. The van der Waals surface area contributed by atoms with Crippen LogP contribution in [0.4, 0.5) is 5.69 Å². The van der Waals surface area contributed by atoms with Gasteiger partial charge in [0.15, 0.2) is 0 Å². The van der Waals surface area contributed by atoms with Crippen molar-refractivity contribution in [3.63, 3.8) is 0 Å². The predicted molar refractivity (Wildman–Crippen MR) is 125 cm³/mol. The Morgan fingerprint density at radius 1 is 0.903 bits per heavy atom. The summed E-state index contributed by atoms with van der Waals surface area (Å²) in [6.45, 7) is 3.82. The molecule has 0 spiro atoms. The summed E-state index contributed by atoms with van der Waals surface area (Å²) in [4.78, 5) is 14.7. The molecule has 0 aromatic heterocycles. The number of carbonyl (C=O) groups excluding carboxylic acids is 1. The van der Waals surface area contributed by atoms with E-state index in [-0.39, 0.29) is 17.3 Å². The number of likely N-dealkylation sites (N-methyl/N-ethyl adjacent to an activating group) is 1. The largest absolute Gasteiger partial charge is 0.340 e. The molecule has 0 fully saturated rings. The van der Waals surface area contributed by atoms with Crippen LogP contribution in [0.5, 0.6) is 0 Å². The van der Waals surface area contributed by atoms with Gasteiger partial charge in [0, 0.05) is 18.6 Å². The Morgan fingerprint density at radius 2 is 1.55 bits per heavy atom. The second kappa shape index (κ2) is 9.54. The number of halogens is 1. The van der Waals surface area contributed by atoms with Crippen molar-refractivity contribution in [3.05, 3.63) is 94.5 Å².